The summed E-state index contributed by atoms with van der Waals surface area (Å²) in [4.78, 5) is 25.6. The van der Waals surface area contributed by atoms with E-state index in [1.165, 1.54) is 18.2 Å². The van der Waals surface area contributed by atoms with E-state index in [9.17, 15) is 14.7 Å². The first-order valence-corrected chi connectivity index (χ1v) is 9.86. The summed E-state index contributed by atoms with van der Waals surface area (Å²) in [7, 11) is 0. The number of carbonyl (C=O) groups is 2. The molecule has 1 atom stereocenters. The van der Waals surface area contributed by atoms with Crippen LogP contribution in [0.4, 0.5) is 0 Å². The SMILES string of the molecule is CC(C)NC(=O)c1ccc2c(c1)C1(OC2=O)c2ccc(O)cc2Oc2cc([OH2+])ccc21. The normalized spacial score (nSPS) is 18.1. The van der Waals surface area contributed by atoms with Gasteiger partial charge in [0.25, 0.3) is 11.7 Å². The number of hydrogen-bond acceptors (Lipinski definition) is 5. The van der Waals surface area contributed by atoms with E-state index in [0.717, 1.165) is 0 Å². The van der Waals surface area contributed by atoms with Crippen LogP contribution in [-0.4, -0.2) is 28.1 Å². The molecule has 0 radical (unpaired) electrons. The van der Waals surface area contributed by atoms with Gasteiger partial charge >= 0.3 is 5.97 Å². The Bertz CT molecular complexity index is 1210. The fraction of sp³-hybridized carbons (Fsp3) is 0.167. The Balaban J connectivity index is 1.80. The van der Waals surface area contributed by atoms with Crippen LogP contribution in [0.5, 0.6) is 23.0 Å². The van der Waals surface area contributed by atoms with Gasteiger partial charge in [0, 0.05) is 40.4 Å². The maximum Gasteiger partial charge on any atom is 0.340 e. The lowest BCUT2D eigenvalue weighted by atomic mass is 9.77. The van der Waals surface area contributed by atoms with Crippen LogP contribution in [0.2, 0.25) is 0 Å². The van der Waals surface area contributed by atoms with Crippen LogP contribution in [0.1, 0.15) is 51.3 Å². The Kier molecular flexibility index (Phi) is 3.98. The molecule has 0 fully saturated rings. The molecule has 0 aliphatic carbocycles. The highest BCUT2D eigenvalue weighted by Gasteiger charge is 2.54. The Hall–Kier alpha value is -4.00. The first-order valence-electron chi connectivity index (χ1n) is 9.86. The van der Waals surface area contributed by atoms with Gasteiger partial charge in [-0.15, -0.1) is 0 Å². The maximum absolute atomic E-state index is 12.9. The summed E-state index contributed by atoms with van der Waals surface area (Å²) in [6.07, 6.45) is 0. The third kappa shape index (κ3) is 2.73. The smallest absolute Gasteiger partial charge is 0.340 e. The van der Waals surface area contributed by atoms with Crippen LogP contribution in [-0.2, 0) is 10.3 Å². The molecule has 3 aromatic carbocycles. The molecule has 31 heavy (non-hydrogen) atoms. The quantitative estimate of drug-likeness (QED) is 0.489. The second-order valence-electron chi connectivity index (χ2n) is 7.95. The molecule has 1 amide bonds. The first-order chi connectivity index (χ1) is 14.8. The van der Waals surface area contributed by atoms with E-state index in [-0.39, 0.29) is 23.4 Å². The number of benzene rings is 3. The molecule has 5 rings (SSSR count). The molecule has 2 aliphatic rings. The summed E-state index contributed by atoms with van der Waals surface area (Å²) >= 11 is 0. The van der Waals surface area contributed by atoms with Crippen molar-refractivity contribution in [1.82, 2.24) is 5.32 Å². The van der Waals surface area contributed by atoms with Gasteiger partial charge in [-0.2, -0.15) is 0 Å². The van der Waals surface area contributed by atoms with Crippen molar-refractivity contribution in [1.29, 1.82) is 0 Å². The minimum absolute atomic E-state index is 0.00557. The molecule has 0 saturated heterocycles. The summed E-state index contributed by atoms with van der Waals surface area (Å²) in [5.41, 5.74) is 0.992. The summed E-state index contributed by atoms with van der Waals surface area (Å²) in [6, 6.07) is 14.2. The fourth-order valence-corrected chi connectivity index (χ4v) is 4.20. The zero-order valence-corrected chi connectivity index (χ0v) is 16.9. The van der Waals surface area contributed by atoms with E-state index >= 15 is 0 Å². The Morgan fingerprint density at radius 1 is 1.00 bits per heavy atom. The number of fused-ring (bicyclic) bond motifs is 6. The summed E-state index contributed by atoms with van der Waals surface area (Å²) in [5.74, 6) is 0.111. The van der Waals surface area contributed by atoms with Crippen molar-refractivity contribution in [3.63, 3.8) is 0 Å². The lowest BCUT2D eigenvalue weighted by Crippen LogP contribution is -2.33. The number of amides is 1. The van der Waals surface area contributed by atoms with Crippen molar-refractivity contribution in [2.75, 3.05) is 0 Å². The lowest BCUT2D eigenvalue weighted by molar-refractivity contribution is 0.0224. The summed E-state index contributed by atoms with van der Waals surface area (Å²) in [5, 5.41) is 20.8. The van der Waals surface area contributed by atoms with E-state index in [1.54, 1.807) is 36.4 Å². The molecule has 1 unspecified atom stereocenters. The number of carbonyl (C=O) groups excluding carboxylic acids is 2. The maximum atomic E-state index is 12.9. The first kappa shape index (κ1) is 19.0. The van der Waals surface area contributed by atoms with Gasteiger partial charge in [0.2, 0.25) is 0 Å². The van der Waals surface area contributed by atoms with E-state index in [0.29, 0.717) is 39.3 Å². The number of hydrogen-bond donors (Lipinski definition) is 2. The van der Waals surface area contributed by atoms with Crippen molar-refractivity contribution in [2.45, 2.75) is 25.5 Å². The van der Waals surface area contributed by atoms with Crippen LogP contribution in [0.15, 0.2) is 54.6 Å². The average molecular weight is 418 g/mol. The second-order valence-corrected chi connectivity index (χ2v) is 7.95. The number of rotatable bonds is 2. The van der Waals surface area contributed by atoms with E-state index < -0.39 is 11.6 Å². The van der Waals surface area contributed by atoms with Crippen molar-refractivity contribution in [3.8, 4) is 23.0 Å². The topological polar surface area (TPSA) is 108 Å². The van der Waals surface area contributed by atoms with Crippen molar-refractivity contribution in [2.24, 2.45) is 0 Å². The Morgan fingerprint density at radius 2 is 1.71 bits per heavy atom. The number of esters is 1. The molecule has 0 bridgehead atoms. The largest absolute Gasteiger partial charge is 0.593 e. The highest BCUT2D eigenvalue weighted by atomic mass is 16.6. The van der Waals surface area contributed by atoms with Crippen LogP contribution in [0, 0.1) is 0 Å². The van der Waals surface area contributed by atoms with Gasteiger partial charge in [-0.25, -0.2) is 4.79 Å². The lowest BCUT2D eigenvalue weighted by Gasteiger charge is -2.36. The number of phenols is 1. The molecule has 2 heterocycles. The van der Waals surface area contributed by atoms with Crippen LogP contribution < -0.4 is 10.1 Å². The molecule has 1 spiro atoms. The van der Waals surface area contributed by atoms with E-state index in [1.807, 2.05) is 13.8 Å². The third-order valence-electron chi connectivity index (χ3n) is 5.47. The third-order valence-corrected chi connectivity index (χ3v) is 5.47. The predicted octanol–water partition coefficient (Wildman–Crippen LogP) is 3.54. The Morgan fingerprint density at radius 3 is 2.45 bits per heavy atom. The molecule has 0 saturated carbocycles. The molecule has 7 heteroatoms. The standard InChI is InChI=1S/C24H19NO6/c1-12(2)25-22(28)13-3-6-16-19(9-13)24(31-23(16)29)17-7-4-14(26)10-20(17)30-21-11-15(27)5-8-18(21)24/h3-12,26-27H,1-2H3,(H,25,28)/p+1. The second kappa shape index (κ2) is 6.50. The molecule has 7 nitrogen and oxygen atoms in total. The number of aromatic hydroxyl groups is 1. The van der Waals surface area contributed by atoms with Gasteiger partial charge in [-0.3, -0.25) is 4.79 Å². The van der Waals surface area contributed by atoms with Gasteiger partial charge in [-0.1, -0.05) is 0 Å². The van der Waals surface area contributed by atoms with Crippen molar-refractivity contribution in [3.05, 3.63) is 82.4 Å². The number of nitrogens with one attached hydrogen (secondary N) is 1. The fourth-order valence-electron chi connectivity index (χ4n) is 4.20. The van der Waals surface area contributed by atoms with E-state index in [4.69, 9.17) is 14.6 Å². The molecule has 156 valence electrons. The number of phenolic OH excluding ortho intramolecular Hbond substituents is 1. The summed E-state index contributed by atoms with van der Waals surface area (Å²) < 4.78 is 12.0. The zero-order chi connectivity index (χ0) is 21.9. The van der Waals surface area contributed by atoms with Crippen molar-refractivity contribution < 1.29 is 29.3 Å². The van der Waals surface area contributed by atoms with Gasteiger partial charge in [0.15, 0.2) is 5.60 Å². The minimum atomic E-state index is -1.36. The Labute approximate surface area is 177 Å². The molecular weight excluding hydrogens is 398 g/mol. The molecule has 4 N–H and O–H groups in total. The van der Waals surface area contributed by atoms with Gasteiger partial charge in [-0.05, 0) is 50.2 Å². The monoisotopic (exact) mass is 418 g/mol. The highest BCUT2D eigenvalue weighted by Crippen LogP contribution is 2.57. The van der Waals surface area contributed by atoms with Gasteiger partial charge in [0.1, 0.15) is 17.2 Å². The molecule has 3 aromatic rings. The average Bonchev–Trinajstić information content (AvgIpc) is 2.99. The van der Waals surface area contributed by atoms with Crippen molar-refractivity contribution >= 4 is 11.9 Å². The van der Waals surface area contributed by atoms with Crippen LogP contribution >= 0.6 is 0 Å². The molecule has 2 aliphatic heterocycles. The predicted molar refractivity (Wildman–Crippen MR) is 112 cm³/mol. The molecular formula is C24H20NO6+. The zero-order valence-electron chi connectivity index (χ0n) is 16.9. The van der Waals surface area contributed by atoms with Gasteiger partial charge in [0.05, 0.1) is 11.6 Å². The van der Waals surface area contributed by atoms with Crippen LogP contribution in [0.3, 0.4) is 0 Å². The summed E-state index contributed by atoms with van der Waals surface area (Å²) in [6.45, 7) is 3.74. The minimum Gasteiger partial charge on any atom is -0.593 e. The van der Waals surface area contributed by atoms with E-state index in [2.05, 4.69) is 5.32 Å². The molecule has 0 aromatic heterocycles. The van der Waals surface area contributed by atoms with Crippen LogP contribution in [0.25, 0.3) is 0 Å². The van der Waals surface area contributed by atoms with Gasteiger partial charge < -0.3 is 25.0 Å². The highest BCUT2D eigenvalue weighted by molar-refractivity contribution is 6.00. The number of ether oxygens (including phenoxy) is 2.